The second-order valence-electron chi connectivity index (χ2n) is 7.74. The molecule has 28 heavy (non-hydrogen) atoms. The highest BCUT2D eigenvalue weighted by Crippen LogP contribution is 2.29. The number of esters is 1. The predicted molar refractivity (Wildman–Crippen MR) is 106 cm³/mol. The first kappa shape index (κ1) is 22.4. The van der Waals surface area contributed by atoms with E-state index in [0.29, 0.717) is 11.8 Å². The fraction of sp³-hybridized carbons (Fsp3) is 0.600. The van der Waals surface area contributed by atoms with E-state index in [1.807, 2.05) is 0 Å². The number of nitrogens with one attached hydrogen (secondary N) is 1. The van der Waals surface area contributed by atoms with Crippen LogP contribution in [0.15, 0.2) is 29.2 Å². The van der Waals surface area contributed by atoms with E-state index in [-0.39, 0.29) is 22.4 Å². The van der Waals surface area contributed by atoms with Crippen molar-refractivity contribution in [2.75, 3.05) is 14.1 Å². The van der Waals surface area contributed by atoms with Gasteiger partial charge in [-0.05, 0) is 49.4 Å². The summed E-state index contributed by atoms with van der Waals surface area (Å²) >= 11 is 0. The van der Waals surface area contributed by atoms with Crippen LogP contribution in [-0.4, -0.2) is 50.8 Å². The zero-order valence-electron chi connectivity index (χ0n) is 17.1. The van der Waals surface area contributed by atoms with Crippen LogP contribution >= 0.6 is 0 Å². The fourth-order valence-corrected chi connectivity index (χ4v) is 4.24. The molecule has 1 amide bonds. The van der Waals surface area contributed by atoms with Crippen LogP contribution in [0.2, 0.25) is 0 Å². The van der Waals surface area contributed by atoms with Crippen molar-refractivity contribution in [3.63, 3.8) is 0 Å². The molecule has 0 aliphatic heterocycles. The molecule has 1 aliphatic carbocycles. The highest BCUT2D eigenvalue weighted by molar-refractivity contribution is 7.89. The number of amides is 1. The Morgan fingerprint density at radius 3 is 2.32 bits per heavy atom. The average Bonchev–Trinajstić information content (AvgIpc) is 2.65. The van der Waals surface area contributed by atoms with Crippen LogP contribution in [0.3, 0.4) is 0 Å². The molecule has 0 unspecified atom stereocenters. The van der Waals surface area contributed by atoms with Crippen LogP contribution in [0.4, 0.5) is 0 Å². The van der Waals surface area contributed by atoms with Crippen LogP contribution in [0.25, 0.3) is 0 Å². The van der Waals surface area contributed by atoms with Gasteiger partial charge >= 0.3 is 5.97 Å². The number of ether oxygens (including phenoxy) is 1. The van der Waals surface area contributed by atoms with Gasteiger partial charge in [0.25, 0.3) is 5.91 Å². The van der Waals surface area contributed by atoms with Gasteiger partial charge in [0.2, 0.25) is 10.0 Å². The third kappa shape index (κ3) is 5.11. The molecule has 1 aromatic rings. The minimum absolute atomic E-state index is 0.0836. The van der Waals surface area contributed by atoms with Crippen LogP contribution < -0.4 is 5.32 Å². The Balaban J connectivity index is 1.97. The summed E-state index contributed by atoms with van der Waals surface area (Å²) in [5.74, 6) is -0.0479. The SMILES string of the molecule is C[C@@H]1[C@@H](C)CCC[C@H]1NC(=O)[C@@H](C)OC(=O)c1ccc(S(=O)(=O)N(C)C)cc1. The van der Waals surface area contributed by atoms with Gasteiger partial charge in [-0.25, -0.2) is 17.5 Å². The van der Waals surface area contributed by atoms with Crippen molar-refractivity contribution in [3.8, 4) is 0 Å². The molecule has 0 aromatic heterocycles. The molecule has 0 bridgehead atoms. The molecule has 0 saturated heterocycles. The lowest BCUT2D eigenvalue weighted by molar-refractivity contribution is -0.130. The standard InChI is InChI=1S/C20H30N2O5S/c1-13-7-6-8-18(14(13)2)21-19(23)15(3)27-20(24)16-9-11-17(12-10-16)28(25,26)22(4)5/h9-15,18H,6-8H2,1-5H3,(H,21,23)/t13-,14+,15+,18+/m0/s1. The highest BCUT2D eigenvalue weighted by Gasteiger charge is 2.30. The first-order valence-corrected chi connectivity index (χ1v) is 11.0. The summed E-state index contributed by atoms with van der Waals surface area (Å²) < 4.78 is 30.5. The Morgan fingerprint density at radius 2 is 1.75 bits per heavy atom. The maximum atomic E-state index is 12.4. The number of rotatable bonds is 6. The molecule has 1 N–H and O–H groups in total. The minimum Gasteiger partial charge on any atom is -0.449 e. The molecule has 1 aliphatic rings. The zero-order chi connectivity index (χ0) is 21.1. The minimum atomic E-state index is -3.56. The number of benzene rings is 1. The largest absolute Gasteiger partial charge is 0.449 e. The van der Waals surface area contributed by atoms with Crippen molar-refractivity contribution in [3.05, 3.63) is 29.8 Å². The average molecular weight is 411 g/mol. The second-order valence-corrected chi connectivity index (χ2v) is 9.89. The fourth-order valence-electron chi connectivity index (χ4n) is 3.34. The maximum absolute atomic E-state index is 12.4. The number of carbonyl (C=O) groups excluding carboxylic acids is 2. The molecule has 1 aromatic carbocycles. The Bertz CT molecular complexity index is 804. The van der Waals surface area contributed by atoms with Gasteiger partial charge in [0.15, 0.2) is 6.10 Å². The molecule has 4 atom stereocenters. The molecule has 0 radical (unpaired) electrons. The third-order valence-corrected chi connectivity index (χ3v) is 7.39. The number of carbonyl (C=O) groups is 2. The van der Waals surface area contributed by atoms with Crippen LogP contribution in [-0.2, 0) is 19.6 Å². The van der Waals surface area contributed by atoms with Crippen molar-refractivity contribution in [2.24, 2.45) is 11.8 Å². The van der Waals surface area contributed by atoms with Crippen molar-refractivity contribution in [2.45, 2.75) is 57.1 Å². The summed E-state index contributed by atoms with van der Waals surface area (Å²) in [7, 11) is -0.693. The first-order valence-electron chi connectivity index (χ1n) is 9.58. The molecular weight excluding hydrogens is 380 g/mol. The quantitative estimate of drug-likeness (QED) is 0.727. The Morgan fingerprint density at radius 1 is 1.14 bits per heavy atom. The van der Waals surface area contributed by atoms with Crippen LogP contribution in [0.1, 0.15) is 50.4 Å². The normalized spacial score (nSPS) is 23.9. The smallest absolute Gasteiger partial charge is 0.338 e. The molecule has 0 heterocycles. The molecule has 156 valence electrons. The second kappa shape index (κ2) is 9.05. The molecule has 1 saturated carbocycles. The van der Waals surface area contributed by atoms with Gasteiger partial charge < -0.3 is 10.1 Å². The Labute approximate surface area is 167 Å². The summed E-state index contributed by atoms with van der Waals surface area (Å²) in [6.07, 6.45) is 2.24. The third-order valence-electron chi connectivity index (χ3n) is 5.56. The molecule has 0 spiro atoms. The molecule has 2 rings (SSSR count). The lowest BCUT2D eigenvalue weighted by atomic mass is 9.78. The van der Waals surface area contributed by atoms with Gasteiger partial charge in [0, 0.05) is 20.1 Å². The first-order chi connectivity index (χ1) is 13.0. The van der Waals surface area contributed by atoms with Gasteiger partial charge in [-0.15, -0.1) is 0 Å². The van der Waals surface area contributed by atoms with Gasteiger partial charge in [0.1, 0.15) is 0 Å². The summed E-state index contributed by atoms with van der Waals surface area (Å²) in [4.78, 5) is 24.8. The van der Waals surface area contributed by atoms with Crippen LogP contribution in [0, 0.1) is 11.8 Å². The number of hydrogen-bond acceptors (Lipinski definition) is 5. The van der Waals surface area contributed by atoms with E-state index in [9.17, 15) is 18.0 Å². The summed E-state index contributed by atoms with van der Waals surface area (Å²) in [6, 6.07) is 5.55. The van der Waals surface area contributed by atoms with E-state index in [4.69, 9.17) is 4.74 Å². The number of sulfonamides is 1. The molecule has 8 heteroatoms. The lowest BCUT2D eigenvalue weighted by Gasteiger charge is -2.35. The van der Waals surface area contributed by atoms with Crippen LogP contribution in [0.5, 0.6) is 0 Å². The van der Waals surface area contributed by atoms with Crippen molar-refractivity contribution in [1.29, 1.82) is 0 Å². The highest BCUT2D eigenvalue weighted by atomic mass is 32.2. The Hall–Kier alpha value is -1.93. The Kier molecular flexibility index (Phi) is 7.22. The van der Waals surface area contributed by atoms with Gasteiger partial charge in [-0.3, -0.25) is 4.79 Å². The lowest BCUT2D eigenvalue weighted by Crippen LogP contribution is -2.47. The molecule has 7 nitrogen and oxygen atoms in total. The van der Waals surface area contributed by atoms with E-state index in [0.717, 1.165) is 23.6 Å². The van der Waals surface area contributed by atoms with Crippen molar-refractivity contribution < 1.29 is 22.7 Å². The van der Waals surface area contributed by atoms with Gasteiger partial charge in [-0.1, -0.05) is 26.7 Å². The number of nitrogens with zero attached hydrogens (tertiary/aromatic N) is 1. The summed E-state index contributed by atoms with van der Waals surface area (Å²) in [5, 5.41) is 3.00. The van der Waals surface area contributed by atoms with E-state index in [1.165, 1.54) is 45.3 Å². The van der Waals surface area contributed by atoms with E-state index < -0.39 is 22.1 Å². The maximum Gasteiger partial charge on any atom is 0.338 e. The van der Waals surface area contributed by atoms with Crippen molar-refractivity contribution >= 4 is 21.9 Å². The zero-order valence-corrected chi connectivity index (χ0v) is 18.0. The van der Waals surface area contributed by atoms with E-state index in [2.05, 4.69) is 19.2 Å². The summed E-state index contributed by atoms with van der Waals surface area (Å²) in [5.41, 5.74) is 0.192. The van der Waals surface area contributed by atoms with Crippen molar-refractivity contribution in [1.82, 2.24) is 9.62 Å². The van der Waals surface area contributed by atoms with E-state index in [1.54, 1.807) is 0 Å². The molecule has 1 fully saturated rings. The van der Waals surface area contributed by atoms with E-state index >= 15 is 0 Å². The topological polar surface area (TPSA) is 92.8 Å². The van der Waals surface area contributed by atoms with Gasteiger partial charge in [0.05, 0.1) is 10.5 Å². The monoisotopic (exact) mass is 410 g/mol. The molecular formula is C20H30N2O5S. The van der Waals surface area contributed by atoms with Gasteiger partial charge in [-0.2, -0.15) is 0 Å². The predicted octanol–water partition coefficient (Wildman–Crippen LogP) is 2.42. The number of hydrogen-bond donors (Lipinski definition) is 1. The summed E-state index contributed by atoms with van der Waals surface area (Å²) in [6.45, 7) is 5.86.